The maximum Gasteiger partial charge on any atom is 0.140 e. The molecule has 0 amide bonds. The van der Waals surface area contributed by atoms with Crippen LogP contribution in [-0.4, -0.2) is 9.55 Å². The molecule has 0 aliphatic heterocycles. The summed E-state index contributed by atoms with van der Waals surface area (Å²) in [5, 5.41) is 0. The smallest absolute Gasteiger partial charge is 0.140 e. The van der Waals surface area contributed by atoms with Gasteiger partial charge in [-0.25, -0.2) is 4.98 Å². The first-order valence-corrected chi connectivity index (χ1v) is 5.69. The second-order valence-electron chi connectivity index (χ2n) is 3.85. The van der Waals surface area contributed by atoms with Crippen molar-refractivity contribution in [2.24, 2.45) is 7.05 Å². The molecule has 0 unspecified atom stereocenters. The predicted octanol–water partition coefficient (Wildman–Crippen LogP) is 3.68. The SMILES string of the molecule is C/C=C\C=C/c1cn(C)c(-c2ccccc2)n1. The number of imidazole rings is 1. The highest BCUT2D eigenvalue weighted by atomic mass is 15.0. The summed E-state index contributed by atoms with van der Waals surface area (Å²) in [6.45, 7) is 2.00. The van der Waals surface area contributed by atoms with Crippen molar-refractivity contribution in [2.45, 2.75) is 6.92 Å². The van der Waals surface area contributed by atoms with Crippen LogP contribution >= 0.6 is 0 Å². The van der Waals surface area contributed by atoms with E-state index in [1.54, 1.807) is 0 Å². The number of nitrogens with zero attached hydrogens (tertiary/aromatic N) is 2. The van der Waals surface area contributed by atoms with Gasteiger partial charge in [-0.15, -0.1) is 0 Å². The number of hydrogen-bond acceptors (Lipinski definition) is 1. The summed E-state index contributed by atoms with van der Waals surface area (Å²) in [6.07, 6.45) is 10.0. The highest BCUT2D eigenvalue weighted by Gasteiger charge is 2.04. The Morgan fingerprint density at radius 2 is 1.88 bits per heavy atom. The van der Waals surface area contributed by atoms with E-state index in [-0.39, 0.29) is 0 Å². The molecule has 0 spiro atoms. The highest BCUT2D eigenvalue weighted by Crippen LogP contribution is 2.17. The van der Waals surface area contributed by atoms with Gasteiger partial charge in [-0.05, 0) is 13.0 Å². The van der Waals surface area contributed by atoms with Crippen LogP contribution in [0.15, 0.2) is 54.8 Å². The zero-order valence-electron chi connectivity index (χ0n) is 10.2. The monoisotopic (exact) mass is 224 g/mol. The van der Waals surface area contributed by atoms with Crippen LogP contribution in [0.1, 0.15) is 12.6 Å². The van der Waals surface area contributed by atoms with E-state index in [1.165, 1.54) is 0 Å². The fourth-order valence-electron chi connectivity index (χ4n) is 1.69. The Morgan fingerprint density at radius 3 is 2.59 bits per heavy atom. The van der Waals surface area contributed by atoms with Crippen LogP contribution in [0.3, 0.4) is 0 Å². The molecule has 0 bridgehead atoms. The van der Waals surface area contributed by atoms with Crippen molar-refractivity contribution in [3.63, 3.8) is 0 Å². The lowest BCUT2D eigenvalue weighted by Gasteiger charge is -1.99. The Morgan fingerprint density at radius 1 is 1.12 bits per heavy atom. The molecule has 0 aliphatic rings. The molecule has 0 fully saturated rings. The molecule has 0 aliphatic carbocycles. The van der Waals surface area contributed by atoms with E-state index in [1.807, 2.05) is 67.2 Å². The second kappa shape index (κ2) is 5.30. The first-order valence-electron chi connectivity index (χ1n) is 5.69. The molecule has 2 nitrogen and oxygen atoms in total. The normalized spacial score (nSPS) is 11.6. The van der Waals surface area contributed by atoms with Crippen molar-refractivity contribution in [3.8, 4) is 11.4 Å². The van der Waals surface area contributed by atoms with Crippen LogP contribution in [0, 0.1) is 0 Å². The molecule has 2 heteroatoms. The molecular formula is C15H16N2. The van der Waals surface area contributed by atoms with E-state index in [2.05, 4.69) is 17.1 Å². The van der Waals surface area contributed by atoms with E-state index in [0.717, 1.165) is 17.1 Å². The van der Waals surface area contributed by atoms with Gasteiger partial charge < -0.3 is 4.57 Å². The van der Waals surface area contributed by atoms with Gasteiger partial charge in [0.05, 0.1) is 5.69 Å². The number of aryl methyl sites for hydroxylation is 1. The van der Waals surface area contributed by atoms with Gasteiger partial charge in [0.1, 0.15) is 5.82 Å². The minimum absolute atomic E-state index is 0.976. The average Bonchev–Trinajstić information content (AvgIpc) is 2.72. The fourth-order valence-corrected chi connectivity index (χ4v) is 1.69. The maximum absolute atomic E-state index is 4.59. The van der Waals surface area contributed by atoms with Gasteiger partial charge in [-0.3, -0.25) is 0 Å². The fraction of sp³-hybridized carbons (Fsp3) is 0.133. The minimum Gasteiger partial charge on any atom is -0.333 e. The van der Waals surface area contributed by atoms with E-state index in [9.17, 15) is 0 Å². The molecule has 0 saturated carbocycles. The lowest BCUT2D eigenvalue weighted by Crippen LogP contribution is -1.89. The van der Waals surface area contributed by atoms with Gasteiger partial charge in [-0.2, -0.15) is 0 Å². The Labute approximate surface area is 102 Å². The van der Waals surface area contributed by atoms with Crippen molar-refractivity contribution in [1.82, 2.24) is 9.55 Å². The van der Waals surface area contributed by atoms with Crippen LogP contribution in [0.2, 0.25) is 0 Å². The van der Waals surface area contributed by atoms with Gasteiger partial charge >= 0.3 is 0 Å². The Balaban J connectivity index is 2.31. The quantitative estimate of drug-likeness (QED) is 0.727. The number of allylic oxidation sites excluding steroid dienone is 3. The number of aromatic nitrogens is 2. The molecule has 1 aromatic carbocycles. The third kappa shape index (κ3) is 2.72. The topological polar surface area (TPSA) is 17.8 Å². The van der Waals surface area contributed by atoms with Gasteiger partial charge in [0, 0.05) is 18.8 Å². The summed E-state index contributed by atoms with van der Waals surface area (Å²) < 4.78 is 2.05. The van der Waals surface area contributed by atoms with E-state index < -0.39 is 0 Å². The molecule has 0 N–H and O–H groups in total. The van der Waals surface area contributed by atoms with Crippen LogP contribution < -0.4 is 0 Å². The zero-order chi connectivity index (χ0) is 12.1. The van der Waals surface area contributed by atoms with Crippen molar-refractivity contribution < 1.29 is 0 Å². The summed E-state index contributed by atoms with van der Waals surface area (Å²) in [6, 6.07) is 10.2. The van der Waals surface area contributed by atoms with Gasteiger partial charge in [-0.1, -0.05) is 48.6 Å². The summed E-state index contributed by atoms with van der Waals surface area (Å²) in [5.74, 6) is 0.991. The van der Waals surface area contributed by atoms with E-state index in [4.69, 9.17) is 0 Å². The molecule has 86 valence electrons. The number of benzene rings is 1. The highest BCUT2D eigenvalue weighted by molar-refractivity contribution is 5.59. The predicted molar refractivity (Wildman–Crippen MR) is 72.5 cm³/mol. The van der Waals surface area contributed by atoms with Crippen LogP contribution in [0.5, 0.6) is 0 Å². The lowest BCUT2D eigenvalue weighted by atomic mass is 10.2. The van der Waals surface area contributed by atoms with Crippen molar-refractivity contribution >= 4 is 6.08 Å². The number of rotatable bonds is 3. The third-order valence-corrected chi connectivity index (χ3v) is 2.50. The molecule has 2 aromatic rings. The lowest BCUT2D eigenvalue weighted by molar-refractivity contribution is 0.925. The van der Waals surface area contributed by atoms with Crippen molar-refractivity contribution in [1.29, 1.82) is 0 Å². The molecule has 0 radical (unpaired) electrons. The van der Waals surface area contributed by atoms with Crippen LogP contribution in [0.25, 0.3) is 17.5 Å². The maximum atomic E-state index is 4.59. The zero-order valence-corrected chi connectivity index (χ0v) is 10.2. The van der Waals surface area contributed by atoms with Crippen LogP contribution in [-0.2, 0) is 7.05 Å². The van der Waals surface area contributed by atoms with Crippen molar-refractivity contribution in [3.05, 3.63) is 60.5 Å². The molecule has 0 saturated heterocycles. The summed E-state index contributed by atoms with van der Waals surface area (Å²) in [4.78, 5) is 4.59. The first kappa shape index (κ1) is 11.4. The van der Waals surface area contributed by atoms with E-state index >= 15 is 0 Å². The Bertz CT molecular complexity index is 533. The minimum atomic E-state index is 0.976. The molecule has 17 heavy (non-hydrogen) atoms. The third-order valence-electron chi connectivity index (χ3n) is 2.50. The molecule has 2 rings (SSSR count). The van der Waals surface area contributed by atoms with Gasteiger partial charge in [0.25, 0.3) is 0 Å². The largest absolute Gasteiger partial charge is 0.333 e. The number of hydrogen-bond donors (Lipinski definition) is 0. The summed E-state index contributed by atoms with van der Waals surface area (Å²) in [5.41, 5.74) is 2.12. The first-order chi connectivity index (χ1) is 8.31. The van der Waals surface area contributed by atoms with E-state index in [0.29, 0.717) is 0 Å². The Kier molecular flexibility index (Phi) is 3.55. The summed E-state index contributed by atoms with van der Waals surface area (Å²) >= 11 is 0. The molecule has 1 aromatic heterocycles. The van der Waals surface area contributed by atoms with Gasteiger partial charge in [0.2, 0.25) is 0 Å². The van der Waals surface area contributed by atoms with Gasteiger partial charge in [0.15, 0.2) is 0 Å². The second-order valence-corrected chi connectivity index (χ2v) is 3.85. The van der Waals surface area contributed by atoms with Crippen LogP contribution in [0.4, 0.5) is 0 Å². The Hall–Kier alpha value is -2.09. The summed E-state index contributed by atoms with van der Waals surface area (Å²) in [7, 11) is 2.02. The molecule has 1 heterocycles. The standard InChI is InChI=1S/C15H16N2/c1-3-4-6-11-14-12-17(2)15(16-14)13-9-7-5-8-10-13/h3-12H,1-2H3/b4-3-,11-6-. The van der Waals surface area contributed by atoms with Crippen molar-refractivity contribution in [2.75, 3.05) is 0 Å². The molecular weight excluding hydrogens is 208 g/mol. The molecule has 0 atom stereocenters. The average molecular weight is 224 g/mol.